The Balaban J connectivity index is 1.67. The molecular formula is C24H25F2N3O2S. The number of nitrogens with zero attached hydrogens (tertiary/aromatic N) is 3. The Morgan fingerprint density at radius 1 is 1.06 bits per heavy atom. The molecule has 2 saturated heterocycles. The number of amides is 1. The number of aliphatic imine (C=N–C) groups is 1. The molecule has 2 heterocycles. The molecule has 2 aromatic rings. The maximum Gasteiger partial charge on any atom is 0.387 e. The van der Waals surface area contributed by atoms with E-state index in [4.69, 9.17) is 4.99 Å². The second kappa shape index (κ2) is 9.83. The van der Waals surface area contributed by atoms with E-state index in [1.165, 1.54) is 23.9 Å². The molecule has 2 unspecified atom stereocenters. The summed E-state index contributed by atoms with van der Waals surface area (Å²) in [6.07, 6.45) is 4.93. The molecule has 5 nitrogen and oxygen atoms in total. The zero-order valence-electron chi connectivity index (χ0n) is 17.9. The number of piperidine rings is 1. The van der Waals surface area contributed by atoms with Crippen LogP contribution in [-0.2, 0) is 4.79 Å². The van der Waals surface area contributed by atoms with Gasteiger partial charge in [-0.3, -0.25) is 4.79 Å². The van der Waals surface area contributed by atoms with Crippen LogP contribution < -0.4 is 4.74 Å². The van der Waals surface area contributed by atoms with Crippen LogP contribution in [0.4, 0.5) is 14.5 Å². The van der Waals surface area contributed by atoms with E-state index in [1.54, 1.807) is 23.2 Å². The van der Waals surface area contributed by atoms with Crippen molar-refractivity contribution >= 4 is 34.6 Å². The Labute approximate surface area is 190 Å². The van der Waals surface area contributed by atoms with Crippen molar-refractivity contribution in [2.75, 3.05) is 0 Å². The summed E-state index contributed by atoms with van der Waals surface area (Å²) in [5.41, 5.74) is 1.50. The number of carbonyl (C=O) groups is 1. The zero-order chi connectivity index (χ0) is 22.7. The van der Waals surface area contributed by atoms with Gasteiger partial charge >= 0.3 is 6.61 Å². The molecule has 8 heteroatoms. The second-order valence-corrected chi connectivity index (χ2v) is 8.92. The predicted octanol–water partition coefficient (Wildman–Crippen LogP) is 6.07. The molecule has 2 aromatic carbocycles. The number of hydrazine groups is 1. The molecular weight excluding hydrogens is 432 g/mol. The number of rotatable bonds is 5. The van der Waals surface area contributed by atoms with Gasteiger partial charge in [-0.05, 0) is 74.4 Å². The van der Waals surface area contributed by atoms with Gasteiger partial charge in [0.2, 0.25) is 0 Å². The predicted molar refractivity (Wildman–Crippen MR) is 124 cm³/mol. The number of para-hydroxylation sites is 1. The van der Waals surface area contributed by atoms with Gasteiger partial charge in [0, 0.05) is 12.1 Å². The lowest BCUT2D eigenvalue weighted by atomic mass is 9.99. The molecule has 0 saturated carbocycles. The number of amidine groups is 1. The van der Waals surface area contributed by atoms with Gasteiger partial charge in [-0.2, -0.15) is 8.78 Å². The summed E-state index contributed by atoms with van der Waals surface area (Å²) in [7, 11) is 0. The van der Waals surface area contributed by atoms with E-state index in [9.17, 15) is 13.6 Å². The fraction of sp³-hybridized carbons (Fsp3) is 0.333. The third-order valence-corrected chi connectivity index (χ3v) is 6.51. The van der Waals surface area contributed by atoms with E-state index in [0.717, 1.165) is 30.5 Å². The Hall–Kier alpha value is -2.71. The van der Waals surface area contributed by atoms with Crippen LogP contribution in [0, 0.1) is 0 Å². The highest BCUT2D eigenvalue weighted by atomic mass is 32.2. The number of alkyl halides is 2. The third-order valence-electron chi connectivity index (χ3n) is 5.55. The number of carbonyl (C=O) groups excluding carboxylic acids is 1. The molecule has 2 aliphatic rings. The Kier molecular flexibility index (Phi) is 6.91. The quantitative estimate of drug-likeness (QED) is 0.511. The van der Waals surface area contributed by atoms with E-state index >= 15 is 0 Å². The molecule has 2 fully saturated rings. The first kappa shape index (κ1) is 22.5. The Bertz CT molecular complexity index is 1000. The van der Waals surface area contributed by atoms with Gasteiger partial charge in [-0.15, -0.1) is 0 Å². The molecule has 0 aliphatic carbocycles. The molecule has 32 heavy (non-hydrogen) atoms. The smallest absolute Gasteiger partial charge is 0.387 e. The largest absolute Gasteiger partial charge is 0.435 e. The molecule has 4 rings (SSSR count). The van der Waals surface area contributed by atoms with Gasteiger partial charge < -0.3 is 4.74 Å². The highest BCUT2D eigenvalue weighted by Crippen LogP contribution is 2.38. The lowest BCUT2D eigenvalue weighted by Gasteiger charge is -2.43. The van der Waals surface area contributed by atoms with Gasteiger partial charge in [0.25, 0.3) is 5.91 Å². The highest BCUT2D eigenvalue weighted by Gasteiger charge is 2.42. The number of halogens is 2. The summed E-state index contributed by atoms with van der Waals surface area (Å²) in [6, 6.07) is 16.2. The minimum atomic E-state index is -2.87. The van der Waals surface area contributed by atoms with Crippen molar-refractivity contribution in [2.45, 2.75) is 51.8 Å². The topological polar surface area (TPSA) is 45.1 Å². The van der Waals surface area contributed by atoms with Gasteiger partial charge in [-0.25, -0.2) is 15.0 Å². The number of benzene rings is 2. The average molecular weight is 458 g/mol. The molecule has 1 amide bonds. The summed E-state index contributed by atoms with van der Waals surface area (Å²) in [5.74, 6) is -0.0466. The van der Waals surface area contributed by atoms with Crippen molar-refractivity contribution in [2.24, 2.45) is 4.99 Å². The van der Waals surface area contributed by atoms with Gasteiger partial charge in [0.15, 0.2) is 5.17 Å². The van der Waals surface area contributed by atoms with Crippen LogP contribution in [0.5, 0.6) is 5.75 Å². The van der Waals surface area contributed by atoms with E-state index in [-0.39, 0.29) is 23.7 Å². The summed E-state index contributed by atoms with van der Waals surface area (Å²) in [4.78, 5) is 18.8. The molecule has 2 atom stereocenters. The van der Waals surface area contributed by atoms with E-state index in [1.807, 2.05) is 30.3 Å². The van der Waals surface area contributed by atoms with Gasteiger partial charge in [-0.1, -0.05) is 36.8 Å². The van der Waals surface area contributed by atoms with Gasteiger partial charge in [0.1, 0.15) is 5.75 Å². The van der Waals surface area contributed by atoms with Crippen molar-refractivity contribution in [3.05, 3.63) is 65.1 Å². The lowest BCUT2D eigenvalue weighted by molar-refractivity contribution is -0.142. The minimum Gasteiger partial charge on any atom is -0.435 e. The van der Waals surface area contributed by atoms with Gasteiger partial charge in [0.05, 0.1) is 10.6 Å². The molecule has 0 spiro atoms. The minimum absolute atomic E-state index is 0.0801. The number of hydrogen-bond donors (Lipinski definition) is 0. The number of hydrogen-bond acceptors (Lipinski definition) is 5. The van der Waals surface area contributed by atoms with Crippen LogP contribution >= 0.6 is 11.8 Å². The molecule has 2 aliphatic heterocycles. The molecule has 0 bridgehead atoms. The fourth-order valence-electron chi connectivity index (χ4n) is 4.05. The Morgan fingerprint density at radius 3 is 2.34 bits per heavy atom. The fourth-order valence-corrected chi connectivity index (χ4v) is 5.03. The van der Waals surface area contributed by atoms with E-state index < -0.39 is 6.61 Å². The first-order chi connectivity index (χ1) is 15.4. The normalized spacial score (nSPS) is 24.7. The zero-order valence-corrected chi connectivity index (χ0v) is 18.8. The Morgan fingerprint density at radius 2 is 1.72 bits per heavy atom. The third kappa shape index (κ3) is 5.02. The van der Waals surface area contributed by atoms with Crippen molar-refractivity contribution < 1.29 is 18.3 Å². The summed E-state index contributed by atoms with van der Waals surface area (Å²) in [5, 5.41) is 4.47. The standard InChI is InChI=1S/C24H25F2N3O2S/c1-16-7-6-8-17(2)28(16)29-22(30)21(32-24(29)27-19-9-4-3-5-10-19)15-18-11-13-20(14-12-18)31-23(25)26/h3-5,9-17,23H,6-8H2,1-2H3/b21-15-,27-24?. The second-order valence-electron chi connectivity index (χ2n) is 7.91. The number of thioether (sulfide) groups is 1. The van der Waals surface area contributed by atoms with Crippen LogP contribution in [0.1, 0.15) is 38.7 Å². The summed E-state index contributed by atoms with van der Waals surface area (Å²) in [6.45, 7) is 1.40. The van der Waals surface area contributed by atoms with Crippen molar-refractivity contribution in [3.8, 4) is 5.75 Å². The molecule has 0 N–H and O–H groups in total. The highest BCUT2D eigenvalue weighted by molar-refractivity contribution is 8.18. The average Bonchev–Trinajstić information content (AvgIpc) is 3.05. The monoisotopic (exact) mass is 457 g/mol. The SMILES string of the molecule is CC1CCCC(C)N1N1C(=O)/C(=C/c2ccc(OC(F)F)cc2)SC1=Nc1ccccc1. The maximum atomic E-state index is 13.5. The first-order valence-corrected chi connectivity index (χ1v) is 11.4. The summed E-state index contributed by atoms with van der Waals surface area (Å²) >= 11 is 1.32. The van der Waals surface area contributed by atoms with Crippen molar-refractivity contribution in [1.82, 2.24) is 10.0 Å². The van der Waals surface area contributed by atoms with Crippen molar-refractivity contribution in [3.63, 3.8) is 0 Å². The van der Waals surface area contributed by atoms with Crippen LogP contribution in [-0.4, -0.2) is 39.8 Å². The number of ether oxygens (including phenoxy) is 1. The molecule has 0 aromatic heterocycles. The molecule has 0 radical (unpaired) electrons. The van der Waals surface area contributed by atoms with E-state index in [0.29, 0.717) is 10.1 Å². The van der Waals surface area contributed by atoms with E-state index in [2.05, 4.69) is 23.6 Å². The maximum absolute atomic E-state index is 13.5. The van der Waals surface area contributed by atoms with Crippen LogP contribution in [0.2, 0.25) is 0 Å². The van der Waals surface area contributed by atoms with Crippen LogP contribution in [0.3, 0.4) is 0 Å². The lowest BCUT2D eigenvalue weighted by Crippen LogP contribution is -2.56. The van der Waals surface area contributed by atoms with Crippen LogP contribution in [0.25, 0.3) is 6.08 Å². The summed E-state index contributed by atoms with van der Waals surface area (Å²) < 4.78 is 29.2. The first-order valence-electron chi connectivity index (χ1n) is 10.6. The molecule has 168 valence electrons. The van der Waals surface area contributed by atoms with Crippen molar-refractivity contribution in [1.29, 1.82) is 0 Å². The van der Waals surface area contributed by atoms with Crippen LogP contribution in [0.15, 0.2) is 64.5 Å².